The molecule has 0 amide bonds. The third kappa shape index (κ3) is 3.15. The molecule has 20 heavy (non-hydrogen) atoms. The van der Waals surface area contributed by atoms with Crippen molar-refractivity contribution < 1.29 is 9.15 Å². The number of benzene rings is 1. The lowest BCUT2D eigenvalue weighted by Crippen LogP contribution is -2.11. The predicted molar refractivity (Wildman–Crippen MR) is 80.5 cm³/mol. The maximum atomic E-state index is 11.6. The van der Waals surface area contributed by atoms with Gasteiger partial charge in [0.05, 0.1) is 17.3 Å². The van der Waals surface area contributed by atoms with Gasteiger partial charge < -0.3 is 9.15 Å². The highest BCUT2D eigenvalue weighted by molar-refractivity contribution is 6.19. The van der Waals surface area contributed by atoms with Crippen LogP contribution in [0.3, 0.4) is 0 Å². The lowest BCUT2D eigenvalue weighted by atomic mass is 10.1. The molecule has 1 heterocycles. The first-order valence-electron chi connectivity index (χ1n) is 6.27. The van der Waals surface area contributed by atoms with Gasteiger partial charge in [0, 0.05) is 0 Å². The summed E-state index contributed by atoms with van der Waals surface area (Å²) >= 11 is 5.52. The van der Waals surface area contributed by atoms with Gasteiger partial charge in [0.1, 0.15) is 11.3 Å². The van der Waals surface area contributed by atoms with Crippen LogP contribution in [0, 0.1) is 25.7 Å². The topological polar surface area (TPSA) is 39.4 Å². The summed E-state index contributed by atoms with van der Waals surface area (Å²) in [6.45, 7) is 5.69. The van der Waals surface area contributed by atoms with Crippen molar-refractivity contribution in [3.63, 3.8) is 0 Å². The smallest absolute Gasteiger partial charge is 0.339 e. The molecule has 0 fully saturated rings. The van der Waals surface area contributed by atoms with Gasteiger partial charge >= 0.3 is 5.63 Å². The number of hydrogen-bond acceptors (Lipinski definition) is 3. The molecule has 0 saturated carbocycles. The standard InChI is InChI=1S/C16H15ClO3/c1-10-7-11(2)16-13(8-10)14(9-15(18)20-16)19-12(3)5-4-6-17/h7-9,12H,6H2,1-3H3. The fourth-order valence-corrected chi connectivity index (χ4v) is 2.16. The first kappa shape index (κ1) is 14.5. The lowest BCUT2D eigenvalue weighted by molar-refractivity contribution is 0.280. The Morgan fingerprint density at radius 1 is 1.35 bits per heavy atom. The van der Waals surface area contributed by atoms with Crippen LogP contribution in [-0.2, 0) is 0 Å². The number of ether oxygens (including phenoxy) is 1. The Bertz CT molecular complexity index is 750. The van der Waals surface area contributed by atoms with Gasteiger partial charge in [-0.2, -0.15) is 0 Å². The van der Waals surface area contributed by atoms with Crippen LogP contribution in [0.2, 0.25) is 0 Å². The van der Waals surface area contributed by atoms with Crippen molar-refractivity contribution >= 4 is 22.6 Å². The van der Waals surface area contributed by atoms with E-state index < -0.39 is 5.63 Å². The Balaban J connectivity index is 2.55. The minimum absolute atomic E-state index is 0.254. The molecule has 0 saturated heterocycles. The molecule has 1 atom stereocenters. The molecule has 0 N–H and O–H groups in total. The van der Waals surface area contributed by atoms with Crippen LogP contribution in [0.5, 0.6) is 5.75 Å². The molecule has 4 heteroatoms. The number of alkyl halides is 1. The fourth-order valence-electron chi connectivity index (χ4n) is 2.09. The van der Waals surface area contributed by atoms with Gasteiger partial charge in [-0.1, -0.05) is 17.9 Å². The number of hydrogen-bond donors (Lipinski definition) is 0. The van der Waals surface area contributed by atoms with Crippen LogP contribution < -0.4 is 10.4 Å². The van der Waals surface area contributed by atoms with E-state index in [4.69, 9.17) is 20.8 Å². The van der Waals surface area contributed by atoms with E-state index in [1.54, 1.807) is 0 Å². The predicted octanol–water partition coefficient (Wildman–Crippen LogP) is 3.42. The van der Waals surface area contributed by atoms with Crippen LogP contribution in [-0.4, -0.2) is 12.0 Å². The van der Waals surface area contributed by atoms with Crippen molar-refractivity contribution in [2.45, 2.75) is 26.9 Å². The first-order valence-corrected chi connectivity index (χ1v) is 6.81. The van der Waals surface area contributed by atoms with Gasteiger partial charge in [-0.05, 0) is 38.0 Å². The van der Waals surface area contributed by atoms with Crippen LogP contribution >= 0.6 is 11.6 Å². The Morgan fingerprint density at radius 3 is 2.80 bits per heavy atom. The molecule has 104 valence electrons. The summed E-state index contributed by atoms with van der Waals surface area (Å²) in [6, 6.07) is 5.24. The minimum Gasteiger partial charge on any atom is -0.477 e. The number of aryl methyl sites for hydroxylation is 2. The van der Waals surface area contributed by atoms with E-state index in [2.05, 4.69) is 11.8 Å². The monoisotopic (exact) mass is 290 g/mol. The number of halogens is 1. The molecule has 0 radical (unpaired) electrons. The summed E-state index contributed by atoms with van der Waals surface area (Å²) in [7, 11) is 0. The molecule has 1 unspecified atom stereocenters. The van der Waals surface area contributed by atoms with E-state index in [1.807, 2.05) is 32.9 Å². The molecule has 1 aromatic heterocycles. The van der Waals surface area contributed by atoms with E-state index in [1.165, 1.54) is 6.07 Å². The van der Waals surface area contributed by atoms with Crippen molar-refractivity contribution in [2.24, 2.45) is 0 Å². The molecule has 3 nitrogen and oxygen atoms in total. The molecule has 2 aromatic rings. The maximum Gasteiger partial charge on any atom is 0.339 e. The third-order valence-corrected chi connectivity index (χ3v) is 2.95. The number of rotatable bonds is 2. The maximum absolute atomic E-state index is 11.6. The Hall–Kier alpha value is -1.92. The van der Waals surface area contributed by atoms with Gasteiger partial charge in [0.2, 0.25) is 0 Å². The van der Waals surface area contributed by atoms with Crippen molar-refractivity contribution in [3.8, 4) is 17.6 Å². The molecule has 0 bridgehead atoms. The molecule has 2 rings (SSSR count). The quantitative estimate of drug-likeness (QED) is 0.483. The van der Waals surface area contributed by atoms with E-state index in [-0.39, 0.29) is 12.0 Å². The summed E-state index contributed by atoms with van der Waals surface area (Å²) in [6.07, 6.45) is -0.348. The molecule has 0 spiro atoms. The van der Waals surface area contributed by atoms with Crippen molar-refractivity contribution in [2.75, 3.05) is 5.88 Å². The Kier molecular flexibility index (Phi) is 4.36. The van der Waals surface area contributed by atoms with Crippen LogP contribution in [0.4, 0.5) is 0 Å². The summed E-state index contributed by atoms with van der Waals surface area (Å²) in [5.74, 6) is 6.34. The SMILES string of the molecule is Cc1cc(C)c2oc(=O)cc(OC(C)C#CCCl)c2c1. The summed E-state index contributed by atoms with van der Waals surface area (Å²) < 4.78 is 11.0. The highest BCUT2D eigenvalue weighted by Gasteiger charge is 2.11. The van der Waals surface area contributed by atoms with Crippen LogP contribution in [0.15, 0.2) is 27.4 Å². The molecule has 0 aliphatic carbocycles. The van der Waals surface area contributed by atoms with Crippen molar-refractivity contribution in [1.82, 2.24) is 0 Å². The second-order valence-electron chi connectivity index (χ2n) is 4.60. The van der Waals surface area contributed by atoms with Crippen LogP contribution in [0.25, 0.3) is 11.0 Å². The highest BCUT2D eigenvalue weighted by Crippen LogP contribution is 2.28. The number of fused-ring (bicyclic) bond motifs is 1. The largest absolute Gasteiger partial charge is 0.477 e. The van der Waals surface area contributed by atoms with Gasteiger partial charge in [-0.15, -0.1) is 11.6 Å². The van der Waals surface area contributed by atoms with E-state index in [9.17, 15) is 4.79 Å². The van der Waals surface area contributed by atoms with Gasteiger partial charge in [0.25, 0.3) is 0 Å². The molecular formula is C16H15ClO3. The zero-order chi connectivity index (χ0) is 14.7. The Morgan fingerprint density at radius 2 is 2.10 bits per heavy atom. The average molecular weight is 291 g/mol. The Labute approximate surface area is 122 Å². The summed E-state index contributed by atoms with van der Waals surface area (Å²) in [5, 5.41) is 0.779. The normalized spacial score (nSPS) is 11.8. The zero-order valence-corrected chi connectivity index (χ0v) is 12.4. The molecular weight excluding hydrogens is 276 g/mol. The second kappa shape index (κ2) is 6.02. The molecule has 1 aromatic carbocycles. The first-order chi connectivity index (χ1) is 9.51. The van der Waals surface area contributed by atoms with Crippen molar-refractivity contribution in [3.05, 3.63) is 39.7 Å². The van der Waals surface area contributed by atoms with Crippen molar-refractivity contribution in [1.29, 1.82) is 0 Å². The fraction of sp³-hybridized carbons (Fsp3) is 0.312. The van der Waals surface area contributed by atoms with Gasteiger partial charge in [0.15, 0.2) is 6.10 Å². The van der Waals surface area contributed by atoms with E-state index in [0.29, 0.717) is 11.3 Å². The minimum atomic E-state index is -0.433. The van der Waals surface area contributed by atoms with E-state index in [0.717, 1.165) is 16.5 Å². The average Bonchev–Trinajstić information content (AvgIpc) is 2.38. The van der Waals surface area contributed by atoms with E-state index >= 15 is 0 Å². The molecule has 0 aliphatic rings. The zero-order valence-electron chi connectivity index (χ0n) is 11.6. The van der Waals surface area contributed by atoms with Crippen LogP contribution in [0.1, 0.15) is 18.1 Å². The summed E-state index contributed by atoms with van der Waals surface area (Å²) in [5.41, 5.74) is 2.10. The lowest BCUT2D eigenvalue weighted by Gasteiger charge is -2.12. The summed E-state index contributed by atoms with van der Waals surface area (Å²) in [4.78, 5) is 11.6. The highest BCUT2D eigenvalue weighted by atomic mass is 35.5. The molecule has 0 aliphatic heterocycles. The second-order valence-corrected chi connectivity index (χ2v) is 4.87. The van der Waals surface area contributed by atoms with Gasteiger partial charge in [-0.3, -0.25) is 0 Å². The van der Waals surface area contributed by atoms with Gasteiger partial charge in [-0.25, -0.2) is 4.79 Å². The third-order valence-electron chi connectivity index (χ3n) is 2.81.